The molecule has 2 aliphatic heterocycles. The van der Waals surface area contributed by atoms with E-state index in [2.05, 4.69) is 5.32 Å². The number of hydrogen-bond donors (Lipinski definition) is 1. The maximum absolute atomic E-state index is 14.5. The average Bonchev–Trinajstić information content (AvgIpc) is 3.11. The molecule has 1 fully saturated rings. The van der Waals surface area contributed by atoms with Gasteiger partial charge in [-0.3, -0.25) is 0 Å². The molecule has 0 unspecified atom stereocenters. The summed E-state index contributed by atoms with van der Waals surface area (Å²) in [4.78, 5) is 27.3. The van der Waals surface area contributed by atoms with Gasteiger partial charge in [0, 0.05) is 17.7 Å². The number of ether oxygens (including phenoxy) is 2. The Labute approximate surface area is 195 Å². The van der Waals surface area contributed by atoms with Crippen molar-refractivity contribution in [3.05, 3.63) is 70.3 Å². The van der Waals surface area contributed by atoms with Crippen molar-refractivity contribution < 1.29 is 27.8 Å². The fraction of sp³-hybridized carbons (Fsp3) is 0.333. The molecular weight excluding hydrogens is 454 g/mol. The van der Waals surface area contributed by atoms with E-state index in [1.807, 2.05) is 0 Å². The third kappa shape index (κ3) is 4.66. The first-order chi connectivity index (χ1) is 15.9. The number of nitrogens with one attached hydrogen (secondary N) is 1. The first-order valence-corrected chi connectivity index (χ1v) is 11.0. The minimum absolute atomic E-state index is 0.155. The van der Waals surface area contributed by atoms with Crippen molar-refractivity contribution in [2.45, 2.75) is 31.3 Å². The molecule has 2 aromatic rings. The number of halogens is 3. The lowest BCUT2D eigenvalue weighted by Crippen LogP contribution is -2.51. The third-order valence-corrected chi connectivity index (χ3v) is 6.28. The maximum Gasteiger partial charge on any atom is 0.336 e. The van der Waals surface area contributed by atoms with E-state index < -0.39 is 23.6 Å². The SMILES string of the molecule is COC(=O)C1=C(c2ccc(F)cc2F)C[C@@H]2CC[C@H]1N2C(=O)NCCOc1ccccc1Cl. The number of hydrogen-bond acceptors (Lipinski definition) is 4. The lowest BCUT2D eigenvalue weighted by Gasteiger charge is -2.37. The van der Waals surface area contributed by atoms with Crippen LogP contribution >= 0.6 is 11.6 Å². The van der Waals surface area contributed by atoms with Crippen molar-refractivity contribution in [1.29, 1.82) is 0 Å². The van der Waals surface area contributed by atoms with Crippen molar-refractivity contribution in [2.75, 3.05) is 20.3 Å². The van der Waals surface area contributed by atoms with Crippen molar-refractivity contribution in [2.24, 2.45) is 0 Å². The van der Waals surface area contributed by atoms with Gasteiger partial charge in [-0.1, -0.05) is 23.7 Å². The van der Waals surface area contributed by atoms with E-state index in [0.717, 1.165) is 12.1 Å². The highest BCUT2D eigenvalue weighted by molar-refractivity contribution is 6.32. The monoisotopic (exact) mass is 476 g/mol. The molecule has 0 aromatic heterocycles. The van der Waals surface area contributed by atoms with E-state index >= 15 is 0 Å². The smallest absolute Gasteiger partial charge is 0.336 e. The van der Waals surface area contributed by atoms with Gasteiger partial charge in [0.05, 0.1) is 30.3 Å². The summed E-state index contributed by atoms with van der Waals surface area (Å²) in [6.07, 6.45) is 1.47. The van der Waals surface area contributed by atoms with Crippen LogP contribution in [0, 0.1) is 11.6 Å². The normalized spacial score (nSPS) is 19.5. The average molecular weight is 477 g/mol. The van der Waals surface area contributed by atoms with Crippen molar-refractivity contribution in [3.8, 4) is 5.75 Å². The molecule has 1 N–H and O–H groups in total. The number of esters is 1. The Morgan fingerprint density at radius 2 is 1.97 bits per heavy atom. The van der Waals surface area contributed by atoms with Crippen LogP contribution < -0.4 is 10.1 Å². The van der Waals surface area contributed by atoms with Gasteiger partial charge in [0.25, 0.3) is 0 Å². The second-order valence-electron chi connectivity index (χ2n) is 7.88. The molecule has 6 nitrogen and oxygen atoms in total. The van der Waals surface area contributed by atoms with E-state index in [1.165, 1.54) is 13.2 Å². The molecule has 2 aliphatic rings. The van der Waals surface area contributed by atoms with Gasteiger partial charge in [-0.15, -0.1) is 0 Å². The highest BCUT2D eigenvalue weighted by Gasteiger charge is 2.47. The molecule has 174 valence electrons. The molecule has 0 aliphatic carbocycles. The molecule has 4 rings (SSSR count). The summed E-state index contributed by atoms with van der Waals surface area (Å²) >= 11 is 6.06. The summed E-state index contributed by atoms with van der Waals surface area (Å²) in [6.45, 7) is 0.446. The van der Waals surface area contributed by atoms with Crippen LogP contribution in [-0.4, -0.2) is 49.2 Å². The Kier molecular flexibility index (Phi) is 6.83. The number of methoxy groups -OCH3 is 1. The summed E-state index contributed by atoms with van der Waals surface area (Å²) in [7, 11) is 1.24. The number of para-hydroxylation sites is 1. The molecule has 2 amide bonds. The van der Waals surface area contributed by atoms with Gasteiger partial charge in [0.1, 0.15) is 24.0 Å². The van der Waals surface area contributed by atoms with Gasteiger partial charge in [-0.05, 0) is 49.1 Å². The van der Waals surface area contributed by atoms with Gasteiger partial charge in [-0.25, -0.2) is 18.4 Å². The van der Waals surface area contributed by atoms with Crippen molar-refractivity contribution >= 4 is 29.2 Å². The van der Waals surface area contributed by atoms with E-state index in [9.17, 15) is 18.4 Å². The van der Waals surface area contributed by atoms with E-state index in [0.29, 0.717) is 29.2 Å². The van der Waals surface area contributed by atoms with Crippen molar-refractivity contribution in [1.82, 2.24) is 10.2 Å². The van der Waals surface area contributed by atoms with E-state index in [4.69, 9.17) is 21.1 Å². The van der Waals surface area contributed by atoms with Gasteiger partial charge in [0.15, 0.2) is 0 Å². The molecule has 0 radical (unpaired) electrons. The van der Waals surface area contributed by atoms with Crippen LogP contribution in [-0.2, 0) is 9.53 Å². The lowest BCUT2D eigenvalue weighted by molar-refractivity contribution is -0.136. The van der Waals surface area contributed by atoms with Crippen LogP contribution in [0.4, 0.5) is 13.6 Å². The Balaban J connectivity index is 1.50. The summed E-state index contributed by atoms with van der Waals surface area (Å²) < 4.78 is 38.5. The highest BCUT2D eigenvalue weighted by Crippen LogP contribution is 2.44. The largest absolute Gasteiger partial charge is 0.490 e. The fourth-order valence-electron chi connectivity index (χ4n) is 4.55. The number of nitrogens with zero attached hydrogens (tertiary/aromatic N) is 1. The quantitative estimate of drug-likeness (QED) is 0.490. The number of carbonyl (C=O) groups is 2. The maximum atomic E-state index is 14.5. The van der Waals surface area contributed by atoms with E-state index in [-0.39, 0.29) is 42.8 Å². The zero-order valence-electron chi connectivity index (χ0n) is 17.9. The summed E-state index contributed by atoms with van der Waals surface area (Å²) in [5.74, 6) is -1.55. The van der Waals surface area contributed by atoms with Crippen LogP contribution in [0.1, 0.15) is 24.8 Å². The van der Waals surface area contributed by atoms with Gasteiger partial charge >= 0.3 is 12.0 Å². The second-order valence-corrected chi connectivity index (χ2v) is 8.28. The van der Waals surface area contributed by atoms with Crippen molar-refractivity contribution in [3.63, 3.8) is 0 Å². The Morgan fingerprint density at radius 3 is 2.70 bits per heavy atom. The highest BCUT2D eigenvalue weighted by atomic mass is 35.5. The Hall–Kier alpha value is -3.13. The van der Waals surface area contributed by atoms with E-state index in [1.54, 1.807) is 29.2 Å². The minimum Gasteiger partial charge on any atom is -0.490 e. The predicted molar refractivity (Wildman–Crippen MR) is 119 cm³/mol. The van der Waals surface area contributed by atoms with Crippen LogP contribution in [0.15, 0.2) is 48.0 Å². The Morgan fingerprint density at radius 1 is 1.18 bits per heavy atom. The van der Waals surface area contributed by atoms with Crippen LogP contribution in [0.25, 0.3) is 5.57 Å². The number of amides is 2. The van der Waals surface area contributed by atoms with Gasteiger partial charge in [-0.2, -0.15) is 0 Å². The lowest BCUT2D eigenvalue weighted by atomic mass is 9.88. The molecule has 0 spiro atoms. The first-order valence-electron chi connectivity index (χ1n) is 10.6. The summed E-state index contributed by atoms with van der Waals surface area (Å²) in [5.41, 5.74) is 0.846. The predicted octanol–water partition coefficient (Wildman–Crippen LogP) is 4.57. The summed E-state index contributed by atoms with van der Waals surface area (Å²) in [6, 6.07) is 9.19. The molecule has 2 heterocycles. The standard InChI is InChI=1S/C24H23ClF2N2O4/c1-32-23(30)22-17(16-8-6-14(26)12-19(16)27)13-15-7-9-20(22)29(15)24(31)28-10-11-33-21-5-3-2-4-18(21)25/h2-6,8,12,15,20H,7,9-11,13H2,1H3,(H,28,31)/t15-,20+/m0/s1. The topological polar surface area (TPSA) is 67.9 Å². The summed E-state index contributed by atoms with van der Waals surface area (Å²) in [5, 5.41) is 3.29. The fourth-order valence-corrected chi connectivity index (χ4v) is 4.74. The number of rotatable bonds is 6. The zero-order chi connectivity index (χ0) is 23.5. The number of fused-ring (bicyclic) bond motifs is 2. The Bertz CT molecular complexity index is 1110. The second kappa shape index (κ2) is 9.79. The van der Waals surface area contributed by atoms with Gasteiger partial charge in [0.2, 0.25) is 0 Å². The molecule has 33 heavy (non-hydrogen) atoms. The number of urea groups is 1. The van der Waals surface area contributed by atoms with Gasteiger partial charge < -0.3 is 19.7 Å². The molecule has 1 saturated heterocycles. The third-order valence-electron chi connectivity index (χ3n) is 5.97. The molecule has 9 heteroatoms. The molecular formula is C24H23ClF2N2O4. The number of carbonyl (C=O) groups excluding carboxylic acids is 2. The van der Waals surface area contributed by atoms with Crippen LogP contribution in [0.2, 0.25) is 5.02 Å². The first kappa shape index (κ1) is 23.0. The van der Waals surface area contributed by atoms with Crippen LogP contribution in [0.5, 0.6) is 5.75 Å². The zero-order valence-corrected chi connectivity index (χ0v) is 18.7. The molecule has 0 saturated carbocycles. The molecule has 2 atom stereocenters. The number of benzene rings is 2. The molecule has 2 bridgehead atoms. The minimum atomic E-state index is -0.750. The molecule has 2 aromatic carbocycles. The van der Waals surface area contributed by atoms with Crippen LogP contribution in [0.3, 0.4) is 0 Å².